The zero-order valence-electron chi connectivity index (χ0n) is 7.93. The van der Waals surface area contributed by atoms with Gasteiger partial charge in [-0.3, -0.25) is 0 Å². The Labute approximate surface area is 81.6 Å². The normalized spacial score (nSPS) is 12.9. The number of nitrogens with one attached hydrogen (secondary N) is 1. The van der Waals surface area contributed by atoms with Crippen LogP contribution in [0.15, 0.2) is 18.2 Å². The van der Waals surface area contributed by atoms with Crippen LogP contribution >= 0.6 is 0 Å². The van der Waals surface area contributed by atoms with Gasteiger partial charge in [-0.25, -0.2) is 8.78 Å². The van der Waals surface area contributed by atoms with Crippen molar-refractivity contribution in [3.8, 4) is 0 Å². The molecule has 0 saturated heterocycles. The van der Waals surface area contributed by atoms with Crippen molar-refractivity contribution in [3.05, 3.63) is 35.4 Å². The molecule has 0 radical (unpaired) electrons. The van der Waals surface area contributed by atoms with Gasteiger partial charge in [-0.2, -0.15) is 0 Å². The number of rotatable bonds is 4. The summed E-state index contributed by atoms with van der Waals surface area (Å²) in [6.45, 7) is 2.05. The van der Waals surface area contributed by atoms with Gasteiger partial charge in [0, 0.05) is 18.2 Å². The summed E-state index contributed by atoms with van der Waals surface area (Å²) in [6, 6.07) is 3.76. The van der Waals surface area contributed by atoms with Crippen molar-refractivity contribution in [2.24, 2.45) is 0 Å². The van der Waals surface area contributed by atoms with Crippen LogP contribution < -0.4 is 5.32 Å². The van der Waals surface area contributed by atoms with Crippen LogP contribution in [0.3, 0.4) is 0 Å². The molecular weight excluding hydrogens is 188 g/mol. The van der Waals surface area contributed by atoms with Crippen molar-refractivity contribution in [2.45, 2.75) is 13.0 Å². The summed E-state index contributed by atoms with van der Waals surface area (Å²) in [5.41, 5.74) is 0.276. The minimum absolute atomic E-state index is 0.0265. The van der Waals surface area contributed by atoms with E-state index in [0.717, 1.165) is 6.07 Å². The van der Waals surface area contributed by atoms with E-state index in [2.05, 4.69) is 5.32 Å². The molecule has 1 atom stereocenters. The number of benzene rings is 1. The maximum atomic E-state index is 13.2. The van der Waals surface area contributed by atoms with Gasteiger partial charge in [0.25, 0.3) is 0 Å². The van der Waals surface area contributed by atoms with Crippen LogP contribution in [0.25, 0.3) is 0 Å². The smallest absolute Gasteiger partial charge is 0.163 e. The Morgan fingerprint density at radius 1 is 1.43 bits per heavy atom. The Kier molecular flexibility index (Phi) is 3.98. The molecule has 0 heterocycles. The van der Waals surface area contributed by atoms with Gasteiger partial charge in [-0.1, -0.05) is 12.1 Å². The highest BCUT2D eigenvalue weighted by Gasteiger charge is 2.12. The van der Waals surface area contributed by atoms with Crippen LogP contribution in [0, 0.1) is 11.6 Å². The Balaban J connectivity index is 2.79. The lowest BCUT2D eigenvalue weighted by atomic mass is 10.1. The highest BCUT2D eigenvalue weighted by atomic mass is 19.2. The monoisotopic (exact) mass is 201 g/mol. The van der Waals surface area contributed by atoms with Crippen LogP contribution in [-0.2, 0) is 0 Å². The predicted molar refractivity (Wildman–Crippen MR) is 49.9 cm³/mol. The number of hydrogen-bond donors (Lipinski definition) is 2. The molecule has 78 valence electrons. The third-order valence-corrected chi connectivity index (χ3v) is 2.01. The second-order valence-corrected chi connectivity index (χ2v) is 3.04. The van der Waals surface area contributed by atoms with E-state index in [1.165, 1.54) is 12.1 Å². The van der Waals surface area contributed by atoms with Crippen LogP contribution in [0.1, 0.15) is 18.5 Å². The molecule has 0 amide bonds. The van der Waals surface area contributed by atoms with Gasteiger partial charge in [0.2, 0.25) is 0 Å². The topological polar surface area (TPSA) is 32.3 Å². The lowest BCUT2D eigenvalue weighted by Gasteiger charge is -2.14. The van der Waals surface area contributed by atoms with E-state index in [9.17, 15) is 8.78 Å². The first-order valence-electron chi connectivity index (χ1n) is 4.45. The molecule has 1 rings (SSSR count). The van der Waals surface area contributed by atoms with E-state index in [1.54, 1.807) is 6.92 Å². The standard InChI is InChI=1S/C10H13F2NO/c1-7(13-5-6-14)8-3-2-4-9(11)10(8)12/h2-4,7,13-14H,5-6H2,1H3. The molecule has 1 aromatic carbocycles. The lowest BCUT2D eigenvalue weighted by molar-refractivity contribution is 0.285. The van der Waals surface area contributed by atoms with E-state index in [1.807, 2.05) is 0 Å². The highest BCUT2D eigenvalue weighted by molar-refractivity contribution is 5.21. The van der Waals surface area contributed by atoms with E-state index in [4.69, 9.17) is 5.11 Å². The highest BCUT2D eigenvalue weighted by Crippen LogP contribution is 2.18. The lowest BCUT2D eigenvalue weighted by Crippen LogP contribution is -2.23. The second kappa shape index (κ2) is 5.02. The third kappa shape index (κ3) is 2.49. The van der Waals surface area contributed by atoms with Gasteiger partial charge >= 0.3 is 0 Å². The number of aliphatic hydroxyl groups excluding tert-OH is 1. The van der Waals surface area contributed by atoms with E-state index >= 15 is 0 Å². The molecule has 0 bridgehead atoms. The van der Waals surface area contributed by atoms with Crippen molar-refractivity contribution in [1.29, 1.82) is 0 Å². The fourth-order valence-corrected chi connectivity index (χ4v) is 1.25. The fraction of sp³-hybridized carbons (Fsp3) is 0.400. The maximum absolute atomic E-state index is 13.2. The average molecular weight is 201 g/mol. The van der Waals surface area contributed by atoms with Gasteiger partial charge in [0.1, 0.15) is 0 Å². The molecule has 1 unspecified atom stereocenters. The second-order valence-electron chi connectivity index (χ2n) is 3.04. The summed E-state index contributed by atoms with van der Waals surface area (Å²) in [4.78, 5) is 0. The summed E-state index contributed by atoms with van der Waals surface area (Å²) < 4.78 is 26.0. The molecule has 0 aromatic heterocycles. The molecule has 14 heavy (non-hydrogen) atoms. The molecule has 4 heteroatoms. The molecule has 0 saturated carbocycles. The van der Waals surface area contributed by atoms with Gasteiger partial charge in [0.05, 0.1) is 6.61 Å². The molecule has 0 aliphatic heterocycles. The van der Waals surface area contributed by atoms with Gasteiger partial charge in [0.15, 0.2) is 11.6 Å². The Bertz CT molecular complexity index is 304. The number of halogens is 2. The zero-order chi connectivity index (χ0) is 10.6. The Morgan fingerprint density at radius 2 is 2.14 bits per heavy atom. The summed E-state index contributed by atoms with van der Waals surface area (Å²) in [5.74, 6) is -1.68. The molecule has 0 spiro atoms. The van der Waals surface area contributed by atoms with Crippen molar-refractivity contribution >= 4 is 0 Å². The third-order valence-electron chi connectivity index (χ3n) is 2.01. The van der Waals surface area contributed by atoms with Gasteiger partial charge in [-0.15, -0.1) is 0 Å². The van der Waals surface area contributed by atoms with Gasteiger partial charge in [-0.05, 0) is 13.0 Å². The summed E-state index contributed by atoms with van der Waals surface area (Å²) in [6.07, 6.45) is 0. The maximum Gasteiger partial charge on any atom is 0.163 e. The first kappa shape index (κ1) is 11.1. The van der Waals surface area contributed by atoms with Crippen LogP contribution in [0.4, 0.5) is 8.78 Å². The molecular formula is C10H13F2NO. The van der Waals surface area contributed by atoms with E-state index in [-0.39, 0.29) is 18.2 Å². The first-order chi connectivity index (χ1) is 6.66. The van der Waals surface area contributed by atoms with Gasteiger partial charge < -0.3 is 10.4 Å². The van der Waals surface area contributed by atoms with Crippen LogP contribution in [-0.4, -0.2) is 18.3 Å². The first-order valence-corrected chi connectivity index (χ1v) is 4.45. The Morgan fingerprint density at radius 3 is 2.79 bits per heavy atom. The molecule has 2 N–H and O–H groups in total. The summed E-state index contributed by atoms with van der Waals surface area (Å²) in [7, 11) is 0. The predicted octanol–water partition coefficient (Wildman–Crippen LogP) is 1.61. The van der Waals surface area contributed by atoms with Crippen LogP contribution in [0.2, 0.25) is 0 Å². The Hall–Kier alpha value is -1.00. The number of aliphatic hydroxyl groups is 1. The number of hydrogen-bond acceptors (Lipinski definition) is 2. The van der Waals surface area contributed by atoms with Crippen molar-refractivity contribution < 1.29 is 13.9 Å². The largest absolute Gasteiger partial charge is 0.395 e. The fourth-order valence-electron chi connectivity index (χ4n) is 1.25. The molecule has 2 nitrogen and oxygen atoms in total. The minimum Gasteiger partial charge on any atom is -0.395 e. The molecule has 0 fully saturated rings. The summed E-state index contributed by atoms with van der Waals surface area (Å²) >= 11 is 0. The zero-order valence-corrected chi connectivity index (χ0v) is 7.93. The SMILES string of the molecule is CC(NCCO)c1cccc(F)c1F. The quantitative estimate of drug-likeness (QED) is 0.775. The van der Waals surface area contributed by atoms with E-state index in [0.29, 0.717) is 6.54 Å². The van der Waals surface area contributed by atoms with Crippen LogP contribution in [0.5, 0.6) is 0 Å². The summed E-state index contributed by atoms with van der Waals surface area (Å²) in [5, 5.41) is 11.4. The average Bonchev–Trinajstić information content (AvgIpc) is 2.18. The molecule has 1 aromatic rings. The van der Waals surface area contributed by atoms with Crippen molar-refractivity contribution in [2.75, 3.05) is 13.2 Å². The van der Waals surface area contributed by atoms with Crippen molar-refractivity contribution in [3.63, 3.8) is 0 Å². The minimum atomic E-state index is -0.847. The van der Waals surface area contributed by atoms with Crippen molar-refractivity contribution in [1.82, 2.24) is 5.32 Å². The molecule has 0 aliphatic rings. The molecule has 0 aliphatic carbocycles. The van der Waals surface area contributed by atoms with E-state index < -0.39 is 11.6 Å².